The van der Waals surface area contributed by atoms with Crippen LogP contribution >= 0.6 is 0 Å². The van der Waals surface area contributed by atoms with Gasteiger partial charge in [-0.1, -0.05) is 6.92 Å². The molecule has 1 saturated heterocycles. The molecule has 2 N–H and O–H groups in total. The third kappa shape index (κ3) is 5.89. The minimum Gasteiger partial charge on any atom is -0.345 e. The highest BCUT2D eigenvalue weighted by Gasteiger charge is 2.19. The van der Waals surface area contributed by atoms with Crippen molar-refractivity contribution in [3.05, 3.63) is 0 Å². The van der Waals surface area contributed by atoms with Crippen molar-refractivity contribution in [1.82, 2.24) is 14.7 Å². The van der Waals surface area contributed by atoms with Crippen molar-refractivity contribution in [2.45, 2.75) is 20.3 Å². The zero-order chi connectivity index (χ0) is 14.3. The first kappa shape index (κ1) is 16.4. The Kier molecular flexibility index (Phi) is 7.34. The monoisotopic (exact) mass is 270 g/mol. The Labute approximate surface area is 117 Å². The molecule has 0 bridgehead atoms. The molecule has 5 heteroatoms. The second-order valence-electron chi connectivity index (χ2n) is 5.68. The highest BCUT2D eigenvalue weighted by Crippen LogP contribution is 2.06. The molecule has 112 valence electrons. The predicted octanol–water partition coefficient (Wildman–Crippen LogP) is 0.0672. The van der Waals surface area contributed by atoms with Gasteiger partial charge in [-0.3, -0.25) is 9.69 Å². The Hall–Kier alpha value is -0.650. The largest absolute Gasteiger partial charge is 0.345 e. The average Bonchev–Trinajstić information content (AvgIpc) is 2.63. The molecule has 1 heterocycles. The van der Waals surface area contributed by atoms with Gasteiger partial charge in [0.25, 0.3) is 0 Å². The lowest BCUT2D eigenvalue weighted by Crippen LogP contribution is -2.40. The summed E-state index contributed by atoms with van der Waals surface area (Å²) in [5.41, 5.74) is 5.68. The van der Waals surface area contributed by atoms with Crippen molar-refractivity contribution in [1.29, 1.82) is 0 Å². The molecular weight excluding hydrogens is 240 g/mol. The van der Waals surface area contributed by atoms with E-state index in [9.17, 15) is 4.79 Å². The number of carbonyl (C=O) groups excluding carboxylic acids is 1. The summed E-state index contributed by atoms with van der Waals surface area (Å²) in [6.07, 6.45) is 1.14. The number of carbonyl (C=O) groups is 1. The summed E-state index contributed by atoms with van der Waals surface area (Å²) in [5.74, 6) is 0.783. The third-order valence-electron chi connectivity index (χ3n) is 3.91. The van der Waals surface area contributed by atoms with E-state index >= 15 is 0 Å². The topological polar surface area (TPSA) is 52.8 Å². The van der Waals surface area contributed by atoms with E-state index in [0.29, 0.717) is 12.5 Å². The summed E-state index contributed by atoms with van der Waals surface area (Å²) in [7, 11) is 1.87. The third-order valence-corrected chi connectivity index (χ3v) is 3.91. The highest BCUT2D eigenvalue weighted by molar-refractivity contribution is 5.77. The Morgan fingerprint density at radius 1 is 1.26 bits per heavy atom. The van der Waals surface area contributed by atoms with Crippen molar-refractivity contribution in [2.24, 2.45) is 11.7 Å². The summed E-state index contributed by atoms with van der Waals surface area (Å²) >= 11 is 0. The van der Waals surface area contributed by atoms with E-state index in [0.717, 1.165) is 52.2 Å². The molecule has 1 fully saturated rings. The van der Waals surface area contributed by atoms with Gasteiger partial charge < -0.3 is 15.5 Å². The number of hydrogen-bond donors (Lipinski definition) is 1. The van der Waals surface area contributed by atoms with Crippen LogP contribution in [0.25, 0.3) is 0 Å². The number of hydrogen-bond acceptors (Lipinski definition) is 4. The fraction of sp³-hybridized carbons (Fsp3) is 0.929. The van der Waals surface area contributed by atoms with Crippen molar-refractivity contribution in [2.75, 3.05) is 59.4 Å². The predicted molar refractivity (Wildman–Crippen MR) is 79.0 cm³/mol. The van der Waals surface area contributed by atoms with Gasteiger partial charge in [0.05, 0.1) is 6.54 Å². The van der Waals surface area contributed by atoms with Crippen molar-refractivity contribution >= 4 is 5.91 Å². The Bertz CT molecular complexity index is 272. The smallest absolute Gasteiger partial charge is 0.236 e. The summed E-state index contributed by atoms with van der Waals surface area (Å²) in [6.45, 7) is 11.6. The van der Waals surface area contributed by atoms with Gasteiger partial charge in [0.15, 0.2) is 0 Å². The van der Waals surface area contributed by atoms with Gasteiger partial charge in [0.2, 0.25) is 5.91 Å². The van der Waals surface area contributed by atoms with Crippen LogP contribution in [-0.2, 0) is 4.79 Å². The molecule has 1 rings (SSSR count). The molecule has 0 aromatic heterocycles. The number of likely N-dealkylation sites (N-methyl/N-ethyl adjacent to an activating group) is 1. The van der Waals surface area contributed by atoms with Gasteiger partial charge in [-0.25, -0.2) is 0 Å². The van der Waals surface area contributed by atoms with E-state index < -0.39 is 0 Å². The summed E-state index contributed by atoms with van der Waals surface area (Å²) < 4.78 is 0. The van der Waals surface area contributed by atoms with Crippen LogP contribution in [0, 0.1) is 5.92 Å². The highest BCUT2D eigenvalue weighted by atomic mass is 16.2. The molecule has 0 saturated carbocycles. The summed E-state index contributed by atoms with van der Waals surface area (Å²) in [6, 6.07) is 0. The van der Waals surface area contributed by atoms with Crippen LogP contribution in [-0.4, -0.2) is 80.0 Å². The van der Waals surface area contributed by atoms with Gasteiger partial charge in [-0.15, -0.1) is 0 Å². The maximum absolute atomic E-state index is 11.9. The summed E-state index contributed by atoms with van der Waals surface area (Å²) in [5, 5.41) is 0. The molecule has 1 atom stereocenters. The Morgan fingerprint density at radius 3 is 2.53 bits per heavy atom. The number of nitrogens with zero attached hydrogens (tertiary/aromatic N) is 3. The molecule has 0 aromatic rings. The molecular formula is C14H30N4O. The van der Waals surface area contributed by atoms with Gasteiger partial charge in [0, 0.05) is 33.2 Å². The lowest BCUT2D eigenvalue weighted by molar-refractivity contribution is -0.130. The van der Waals surface area contributed by atoms with Gasteiger partial charge in [0.1, 0.15) is 0 Å². The maximum atomic E-state index is 11.9. The van der Waals surface area contributed by atoms with E-state index in [2.05, 4.69) is 16.7 Å². The van der Waals surface area contributed by atoms with Crippen LogP contribution in [0.4, 0.5) is 0 Å². The SMILES string of the molecule is CCN(C)C(=O)CN1CCCN(CC(C)CN)CC1. The average molecular weight is 270 g/mol. The molecule has 0 aliphatic carbocycles. The lowest BCUT2D eigenvalue weighted by atomic mass is 10.1. The van der Waals surface area contributed by atoms with Crippen LogP contribution in [0.2, 0.25) is 0 Å². The molecule has 0 aromatic carbocycles. The zero-order valence-corrected chi connectivity index (χ0v) is 12.8. The van der Waals surface area contributed by atoms with Gasteiger partial charge in [-0.05, 0) is 38.9 Å². The lowest BCUT2D eigenvalue weighted by Gasteiger charge is -2.24. The zero-order valence-electron chi connectivity index (χ0n) is 12.8. The van der Waals surface area contributed by atoms with Crippen molar-refractivity contribution in [3.63, 3.8) is 0 Å². The van der Waals surface area contributed by atoms with Gasteiger partial charge in [-0.2, -0.15) is 0 Å². The number of nitrogens with two attached hydrogens (primary N) is 1. The second-order valence-corrected chi connectivity index (χ2v) is 5.68. The Balaban J connectivity index is 2.35. The molecule has 1 unspecified atom stereocenters. The molecule has 19 heavy (non-hydrogen) atoms. The molecule has 1 amide bonds. The second kappa shape index (κ2) is 8.51. The van der Waals surface area contributed by atoms with Crippen molar-refractivity contribution in [3.8, 4) is 0 Å². The molecule has 0 radical (unpaired) electrons. The van der Waals surface area contributed by atoms with E-state index in [-0.39, 0.29) is 5.91 Å². The fourth-order valence-electron chi connectivity index (χ4n) is 2.37. The van der Waals surface area contributed by atoms with Crippen molar-refractivity contribution < 1.29 is 4.79 Å². The Morgan fingerprint density at radius 2 is 1.89 bits per heavy atom. The van der Waals surface area contributed by atoms with Crippen LogP contribution < -0.4 is 5.73 Å². The maximum Gasteiger partial charge on any atom is 0.236 e. The number of amides is 1. The van der Waals surface area contributed by atoms with Crippen LogP contribution in [0.15, 0.2) is 0 Å². The van der Waals surface area contributed by atoms with E-state index in [1.807, 2.05) is 14.0 Å². The van der Waals surface area contributed by atoms with Gasteiger partial charge >= 0.3 is 0 Å². The molecule has 1 aliphatic rings. The molecule has 0 spiro atoms. The first-order chi connectivity index (χ1) is 9.06. The van der Waals surface area contributed by atoms with Crippen LogP contribution in [0.5, 0.6) is 0 Å². The molecule has 1 aliphatic heterocycles. The fourth-order valence-corrected chi connectivity index (χ4v) is 2.37. The normalized spacial score (nSPS) is 20.0. The first-order valence-corrected chi connectivity index (χ1v) is 7.45. The minimum atomic E-state index is 0.228. The van der Waals surface area contributed by atoms with E-state index in [4.69, 9.17) is 5.73 Å². The summed E-state index contributed by atoms with van der Waals surface area (Å²) in [4.78, 5) is 18.5. The van der Waals surface area contributed by atoms with Crippen LogP contribution in [0.3, 0.4) is 0 Å². The quantitative estimate of drug-likeness (QED) is 0.742. The molecule has 5 nitrogen and oxygen atoms in total. The minimum absolute atomic E-state index is 0.228. The van der Waals surface area contributed by atoms with E-state index in [1.54, 1.807) is 4.90 Å². The van der Waals surface area contributed by atoms with Crippen LogP contribution in [0.1, 0.15) is 20.3 Å². The first-order valence-electron chi connectivity index (χ1n) is 7.45. The standard InChI is InChI=1S/C14H30N4O/c1-4-16(3)14(19)12-18-7-5-6-17(8-9-18)11-13(2)10-15/h13H,4-12,15H2,1-3H3. The number of rotatable bonds is 6. The van der Waals surface area contributed by atoms with E-state index in [1.165, 1.54) is 0 Å².